The summed E-state index contributed by atoms with van der Waals surface area (Å²) in [6.45, 7) is 1.70. The van der Waals surface area contributed by atoms with Gasteiger partial charge in [-0.3, -0.25) is 4.79 Å². The molecule has 1 unspecified atom stereocenters. The predicted octanol–water partition coefficient (Wildman–Crippen LogP) is 2.88. The minimum atomic E-state index is -1.02. The summed E-state index contributed by atoms with van der Waals surface area (Å²) >= 11 is 0. The second-order valence-electron chi connectivity index (χ2n) is 5.08. The molecule has 22 heavy (non-hydrogen) atoms. The van der Waals surface area contributed by atoms with Crippen molar-refractivity contribution in [3.63, 3.8) is 0 Å². The Kier molecular flexibility index (Phi) is 5.31. The Morgan fingerprint density at radius 2 is 1.59 bits per heavy atom. The SMILES string of the molecule is CCC(=O)NC(Cc1ccc(-c2ccccc2)cc1)C(=O)O. The Hall–Kier alpha value is -2.62. The molecule has 0 heterocycles. The fourth-order valence-corrected chi connectivity index (χ4v) is 2.20. The minimum absolute atomic E-state index is 0.256. The monoisotopic (exact) mass is 297 g/mol. The third-order valence-electron chi connectivity index (χ3n) is 3.46. The zero-order valence-corrected chi connectivity index (χ0v) is 12.5. The highest BCUT2D eigenvalue weighted by Crippen LogP contribution is 2.19. The van der Waals surface area contributed by atoms with Gasteiger partial charge in [0.1, 0.15) is 6.04 Å². The van der Waals surface area contributed by atoms with Gasteiger partial charge in [0.25, 0.3) is 0 Å². The van der Waals surface area contributed by atoms with E-state index in [4.69, 9.17) is 0 Å². The molecule has 1 amide bonds. The van der Waals surface area contributed by atoms with E-state index in [9.17, 15) is 14.7 Å². The highest BCUT2D eigenvalue weighted by atomic mass is 16.4. The first-order valence-electron chi connectivity index (χ1n) is 7.26. The van der Waals surface area contributed by atoms with Crippen molar-refractivity contribution >= 4 is 11.9 Å². The van der Waals surface area contributed by atoms with Gasteiger partial charge in [-0.1, -0.05) is 61.5 Å². The molecule has 2 N–H and O–H groups in total. The van der Waals surface area contributed by atoms with Crippen LogP contribution in [0.5, 0.6) is 0 Å². The van der Waals surface area contributed by atoms with Crippen LogP contribution in [0.1, 0.15) is 18.9 Å². The topological polar surface area (TPSA) is 66.4 Å². The molecule has 2 aromatic rings. The van der Waals surface area contributed by atoms with Crippen molar-refractivity contribution in [1.82, 2.24) is 5.32 Å². The molecule has 0 aliphatic heterocycles. The number of aliphatic carboxylic acids is 1. The van der Waals surface area contributed by atoms with Crippen LogP contribution in [0.3, 0.4) is 0 Å². The Morgan fingerprint density at radius 1 is 1.00 bits per heavy atom. The lowest BCUT2D eigenvalue weighted by molar-refractivity contribution is -0.141. The lowest BCUT2D eigenvalue weighted by atomic mass is 10.0. The zero-order chi connectivity index (χ0) is 15.9. The summed E-state index contributed by atoms with van der Waals surface area (Å²) in [5.74, 6) is -1.28. The maximum atomic E-state index is 11.4. The van der Waals surface area contributed by atoms with Crippen LogP contribution in [0.25, 0.3) is 11.1 Å². The Bertz CT molecular complexity index is 635. The third kappa shape index (κ3) is 4.19. The molecule has 0 radical (unpaired) electrons. The number of carbonyl (C=O) groups is 2. The largest absolute Gasteiger partial charge is 0.480 e. The van der Waals surface area contributed by atoms with Crippen molar-refractivity contribution in [2.45, 2.75) is 25.8 Å². The second kappa shape index (κ2) is 7.41. The van der Waals surface area contributed by atoms with Gasteiger partial charge in [0.15, 0.2) is 0 Å². The molecule has 114 valence electrons. The molecular formula is C18H19NO3. The Morgan fingerprint density at radius 3 is 2.14 bits per heavy atom. The van der Waals surface area contributed by atoms with Gasteiger partial charge in [-0.05, 0) is 16.7 Å². The highest BCUT2D eigenvalue weighted by Gasteiger charge is 2.19. The number of nitrogens with one attached hydrogen (secondary N) is 1. The molecule has 1 atom stereocenters. The number of rotatable bonds is 6. The van der Waals surface area contributed by atoms with E-state index in [0.29, 0.717) is 0 Å². The van der Waals surface area contributed by atoms with Gasteiger partial charge in [-0.2, -0.15) is 0 Å². The average Bonchev–Trinajstić information content (AvgIpc) is 2.55. The van der Waals surface area contributed by atoms with E-state index in [1.807, 2.05) is 54.6 Å². The number of hydrogen-bond donors (Lipinski definition) is 2. The predicted molar refractivity (Wildman–Crippen MR) is 85.4 cm³/mol. The summed E-state index contributed by atoms with van der Waals surface area (Å²) in [6.07, 6.45) is 0.548. The molecular weight excluding hydrogens is 278 g/mol. The molecule has 0 spiro atoms. The van der Waals surface area contributed by atoms with E-state index in [0.717, 1.165) is 16.7 Å². The van der Waals surface area contributed by atoms with E-state index >= 15 is 0 Å². The lowest BCUT2D eigenvalue weighted by Crippen LogP contribution is -2.42. The number of benzene rings is 2. The number of hydrogen-bond acceptors (Lipinski definition) is 2. The molecule has 0 fully saturated rings. The fourth-order valence-electron chi connectivity index (χ4n) is 2.20. The maximum Gasteiger partial charge on any atom is 0.326 e. The summed E-state index contributed by atoms with van der Waals surface area (Å²) in [6, 6.07) is 16.8. The van der Waals surface area contributed by atoms with Crippen molar-refractivity contribution in [2.24, 2.45) is 0 Å². The summed E-state index contributed by atoms with van der Waals surface area (Å²) in [5, 5.41) is 11.7. The Balaban J connectivity index is 2.09. The van der Waals surface area contributed by atoms with Crippen LogP contribution in [0, 0.1) is 0 Å². The van der Waals surface area contributed by atoms with Gasteiger partial charge in [0.2, 0.25) is 5.91 Å². The lowest BCUT2D eigenvalue weighted by Gasteiger charge is -2.14. The van der Waals surface area contributed by atoms with E-state index in [1.165, 1.54) is 0 Å². The summed E-state index contributed by atoms with van der Waals surface area (Å²) in [4.78, 5) is 22.6. The number of carboxylic acid groups (broad SMARTS) is 1. The Labute approximate surface area is 129 Å². The summed E-state index contributed by atoms with van der Waals surface area (Å²) < 4.78 is 0. The smallest absolute Gasteiger partial charge is 0.326 e. The number of carboxylic acids is 1. The van der Waals surface area contributed by atoms with Crippen molar-refractivity contribution in [1.29, 1.82) is 0 Å². The quantitative estimate of drug-likeness (QED) is 0.861. The van der Waals surface area contributed by atoms with Gasteiger partial charge in [0, 0.05) is 12.8 Å². The van der Waals surface area contributed by atoms with Crippen molar-refractivity contribution in [3.05, 3.63) is 60.2 Å². The third-order valence-corrected chi connectivity index (χ3v) is 3.46. The van der Waals surface area contributed by atoms with E-state index in [-0.39, 0.29) is 18.7 Å². The zero-order valence-electron chi connectivity index (χ0n) is 12.5. The highest BCUT2D eigenvalue weighted by molar-refractivity contribution is 5.83. The standard InChI is InChI=1S/C18H19NO3/c1-2-17(20)19-16(18(21)22)12-13-8-10-15(11-9-13)14-6-4-3-5-7-14/h3-11,16H,2,12H2,1H3,(H,19,20)(H,21,22). The van der Waals surface area contributed by atoms with Crippen LogP contribution in [0.15, 0.2) is 54.6 Å². The first kappa shape index (κ1) is 15.8. The van der Waals surface area contributed by atoms with Gasteiger partial charge >= 0.3 is 5.97 Å². The molecule has 0 aromatic heterocycles. The van der Waals surface area contributed by atoms with E-state index in [1.54, 1.807) is 6.92 Å². The molecule has 0 aliphatic rings. The average molecular weight is 297 g/mol. The van der Waals surface area contributed by atoms with E-state index < -0.39 is 12.0 Å². The molecule has 4 heteroatoms. The summed E-state index contributed by atoms with van der Waals surface area (Å²) in [7, 11) is 0. The number of carbonyl (C=O) groups excluding carboxylic acids is 1. The molecule has 0 bridgehead atoms. The van der Waals surface area contributed by atoms with Crippen molar-refractivity contribution in [3.8, 4) is 11.1 Å². The normalized spacial score (nSPS) is 11.7. The van der Waals surface area contributed by atoms with E-state index in [2.05, 4.69) is 5.32 Å². The molecule has 4 nitrogen and oxygen atoms in total. The van der Waals surface area contributed by atoms with Crippen LogP contribution in [-0.2, 0) is 16.0 Å². The van der Waals surface area contributed by atoms with Crippen LogP contribution in [0.4, 0.5) is 0 Å². The van der Waals surface area contributed by atoms with Crippen molar-refractivity contribution < 1.29 is 14.7 Å². The van der Waals surface area contributed by atoms with Crippen LogP contribution in [0.2, 0.25) is 0 Å². The fraction of sp³-hybridized carbons (Fsp3) is 0.222. The van der Waals surface area contributed by atoms with Gasteiger partial charge < -0.3 is 10.4 Å². The first-order valence-corrected chi connectivity index (χ1v) is 7.26. The van der Waals surface area contributed by atoms with Gasteiger partial charge in [-0.25, -0.2) is 4.79 Å². The van der Waals surface area contributed by atoms with Crippen LogP contribution in [-0.4, -0.2) is 23.0 Å². The molecule has 2 aromatic carbocycles. The molecule has 0 saturated heterocycles. The maximum absolute atomic E-state index is 11.4. The number of amides is 1. The van der Waals surface area contributed by atoms with Crippen molar-refractivity contribution in [2.75, 3.05) is 0 Å². The summed E-state index contributed by atoms with van der Waals surface area (Å²) in [5.41, 5.74) is 3.07. The van der Waals surface area contributed by atoms with Gasteiger partial charge in [0.05, 0.1) is 0 Å². The molecule has 0 aliphatic carbocycles. The first-order chi connectivity index (χ1) is 10.6. The van der Waals surface area contributed by atoms with Crippen LogP contribution >= 0.6 is 0 Å². The minimum Gasteiger partial charge on any atom is -0.480 e. The second-order valence-corrected chi connectivity index (χ2v) is 5.08. The van der Waals surface area contributed by atoms with Crippen LogP contribution < -0.4 is 5.32 Å². The van der Waals surface area contributed by atoms with Gasteiger partial charge in [-0.15, -0.1) is 0 Å². The molecule has 2 rings (SSSR count). The molecule has 0 saturated carbocycles.